The summed E-state index contributed by atoms with van der Waals surface area (Å²) in [7, 11) is 1.85. The van der Waals surface area contributed by atoms with Crippen LogP contribution in [0.5, 0.6) is 0 Å². The van der Waals surface area contributed by atoms with Crippen LogP contribution in [-0.4, -0.2) is 84.7 Å². The van der Waals surface area contributed by atoms with Crippen LogP contribution in [0.15, 0.2) is 0 Å². The number of carbonyl (C=O) groups excluding carboxylic acids is 2. The highest BCUT2D eigenvalue weighted by molar-refractivity contribution is 7.19. The van der Waals surface area contributed by atoms with Crippen LogP contribution in [0.25, 0.3) is 0 Å². The van der Waals surface area contributed by atoms with Crippen molar-refractivity contribution in [3.05, 3.63) is 0 Å². The largest absolute Gasteiger partial charge is 0.340 e. The van der Waals surface area contributed by atoms with Gasteiger partial charge in [0.25, 0.3) is 0 Å². The van der Waals surface area contributed by atoms with Crippen molar-refractivity contribution in [2.75, 3.05) is 62.7 Å². The van der Waals surface area contributed by atoms with Crippen LogP contribution in [0.4, 0.5) is 10.3 Å². The quantitative estimate of drug-likeness (QED) is 0.734. The van der Waals surface area contributed by atoms with Crippen LogP contribution in [0.3, 0.4) is 0 Å². The average molecular weight is 381 g/mol. The molecule has 0 aliphatic carbocycles. The molecular weight excluding hydrogens is 352 g/mol. The minimum Gasteiger partial charge on any atom is -0.340 e. The van der Waals surface area contributed by atoms with Gasteiger partial charge in [0.05, 0.1) is 6.54 Å². The number of piperazine rings is 1. The van der Waals surface area contributed by atoms with E-state index < -0.39 is 0 Å². The molecule has 3 heterocycles. The Hall–Kier alpha value is -1.74. The number of hydrogen-bond donors (Lipinski definition) is 0. The Bertz CT molecular complexity index is 629. The van der Waals surface area contributed by atoms with Gasteiger partial charge in [-0.3, -0.25) is 19.4 Å². The molecule has 1 aromatic rings. The first-order valence-corrected chi connectivity index (χ1v) is 10.2. The van der Waals surface area contributed by atoms with E-state index in [-0.39, 0.29) is 18.4 Å². The zero-order valence-corrected chi connectivity index (χ0v) is 16.5. The van der Waals surface area contributed by atoms with E-state index in [1.807, 2.05) is 16.8 Å². The van der Waals surface area contributed by atoms with E-state index in [4.69, 9.17) is 0 Å². The van der Waals surface area contributed by atoms with Gasteiger partial charge in [-0.15, -0.1) is 10.2 Å². The van der Waals surface area contributed by atoms with Crippen LogP contribution in [0, 0.1) is 0 Å². The van der Waals surface area contributed by atoms with E-state index in [2.05, 4.69) is 22.0 Å². The Morgan fingerprint density at radius 3 is 2.62 bits per heavy atom. The molecular formula is C17H28N6O2S. The first-order valence-electron chi connectivity index (χ1n) is 9.43. The molecule has 0 bridgehead atoms. The third-order valence-electron chi connectivity index (χ3n) is 4.92. The van der Waals surface area contributed by atoms with Crippen LogP contribution >= 0.6 is 11.3 Å². The molecule has 0 spiro atoms. The third-order valence-corrected chi connectivity index (χ3v) is 5.98. The highest BCUT2D eigenvalue weighted by Crippen LogP contribution is 2.28. The number of aromatic nitrogens is 2. The van der Waals surface area contributed by atoms with Crippen LogP contribution in [-0.2, 0) is 9.59 Å². The van der Waals surface area contributed by atoms with Crippen molar-refractivity contribution in [2.45, 2.75) is 32.6 Å². The molecule has 9 heteroatoms. The van der Waals surface area contributed by atoms with Gasteiger partial charge in [0.15, 0.2) is 0 Å². The normalized spacial score (nSPS) is 19.1. The van der Waals surface area contributed by atoms with E-state index >= 15 is 0 Å². The molecule has 26 heavy (non-hydrogen) atoms. The molecule has 0 N–H and O–H groups in total. The van der Waals surface area contributed by atoms with Crippen molar-refractivity contribution >= 4 is 33.4 Å². The maximum Gasteiger partial charge on any atom is 0.242 e. The van der Waals surface area contributed by atoms with E-state index in [1.165, 1.54) is 11.3 Å². The molecule has 8 nitrogen and oxygen atoms in total. The fourth-order valence-electron chi connectivity index (χ4n) is 3.39. The summed E-state index contributed by atoms with van der Waals surface area (Å²) < 4.78 is 0. The molecule has 0 atom stereocenters. The Morgan fingerprint density at radius 1 is 1.15 bits per heavy atom. The maximum atomic E-state index is 12.6. The molecule has 144 valence electrons. The summed E-state index contributed by atoms with van der Waals surface area (Å²) in [6.45, 7) is 7.75. The molecule has 1 aromatic heterocycles. The van der Waals surface area contributed by atoms with Crippen molar-refractivity contribution in [3.8, 4) is 0 Å². The molecule has 0 aromatic carbocycles. The van der Waals surface area contributed by atoms with Crippen molar-refractivity contribution in [1.82, 2.24) is 20.0 Å². The zero-order valence-electron chi connectivity index (χ0n) is 15.7. The predicted octanol–water partition coefficient (Wildman–Crippen LogP) is 1.05. The predicted molar refractivity (Wildman–Crippen MR) is 103 cm³/mol. The fraction of sp³-hybridized carbons (Fsp3) is 0.765. The minimum atomic E-state index is 0.114. The standard InChI is InChI=1S/C17H28N6O2S/c1-3-7-21-9-11-22(12-10-21)15(25)13-20(2)16-18-19-17(26-16)23-8-5-4-6-14(23)24/h3-13H2,1-2H3. The Balaban J connectivity index is 1.52. The summed E-state index contributed by atoms with van der Waals surface area (Å²) in [4.78, 5) is 32.5. The number of carbonyl (C=O) groups is 2. The van der Waals surface area contributed by atoms with Gasteiger partial charge in [0.2, 0.25) is 22.1 Å². The third kappa shape index (κ3) is 4.50. The van der Waals surface area contributed by atoms with Crippen molar-refractivity contribution < 1.29 is 9.59 Å². The molecule has 2 aliphatic heterocycles. The van der Waals surface area contributed by atoms with E-state index in [0.717, 1.165) is 52.0 Å². The second kappa shape index (κ2) is 8.77. The van der Waals surface area contributed by atoms with E-state index in [1.54, 1.807) is 4.90 Å². The molecule has 2 amide bonds. The molecule has 3 rings (SSSR count). The molecule has 2 fully saturated rings. The molecule has 2 saturated heterocycles. The number of nitrogens with zero attached hydrogens (tertiary/aromatic N) is 6. The number of piperidine rings is 1. The topological polar surface area (TPSA) is 72.9 Å². The molecule has 0 radical (unpaired) electrons. The lowest BCUT2D eigenvalue weighted by atomic mass is 10.1. The Labute approximate surface area is 158 Å². The van der Waals surface area contributed by atoms with Gasteiger partial charge in [-0.2, -0.15) is 0 Å². The Kier molecular flexibility index (Phi) is 6.42. The summed E-state index contributed by atoms with van der Waals surface area (Å²) >= 11 is 1.38. The first-order chi connectivity index (χ1) is 12.6. The lowest BCUT2D eigenvalue weighted by molar-refractivity contribution is -0.131. The number of rotatable bonds is 6. The van der Waals surface area contributed by atoms with Crippen molar-refractivity contribution in [2.24, 2.45) is 0 Å². The van der Waals surface area contributed by atoms with Gasteiger partial charge in [0.1, 0.15) is 0 Å². The second-order valence-corrected chi connectivity index (χ2v) is 7.88. The van der Waals surface area contributed by atoms with Crippen molar-refractivity contribution in [3.63, 3.8) is 0 Å². The summed E-state index contributed by atoms with van der Waals surface area (Å²) in [6, 6.07) is 0. The van der Waals surface area contributed by atoms with Crippen LogP contribution in [0.2, 0.25) is 0 Å². The summed E-state index contributed by atoms with van der Waals surface area (Å²) in [6.07, 6.45) is 3.67. The number of hydrogen-bond acceptors (Lipinski definition) is 7. The highest BCUT2D eigenvalue weighted by atomic mass is 32.1. The van der Waals surface area contributed by atoms with Gasteiger partial charge < -0.3 is 9.80 Å². The molecule has 0 unspecified atom stereocenters. The zero-order chi connectivity index (χ0) is 18.5. The lowest BCUT2D eigenvalue weighted by Gasteiger charge is -2.35. The first kappa shape index (κ1) is 19.0. The van der Waals surface area contributed by atoms with Gasteiger partial charge in [-0.05, 0) is 25.8 Å². The van der Waals surface area contributed by atoms with Gasteiger partial charge in [-0.25, -0.2) is 0 Å². The fourth-order valence-corrected chi connectivity index (χ4v) is 4.24. The highest BCUT2D eigenvalue weighted by Gasteiger charge is 2.25. The van der Waals surface area contributed by atoms with Crippen molar-refractivity contribution in [1.29, 1.82) is 0 Å². The summed E-state index contributed by atoms with van der Waals surface area (Å²) in [5.74, 6) is 0.233. The van der Waals surface area contributed by atoms with Crippen LogP contribution in [0.1, 0.15) is 32.6 Å². The van der Waals surface area contributed by atoms with Gasteiger partial charge >= 0.3 is 0 Å². The monoisotopic (exact) mass is 380 g/mol. The Morgan fingerprint density at radius 2 is 1.92 bits per heavy atom. The van der Waals surface area contributed by atoms with E-state index in [9.17, 15) is 9.59 Å². The molecule has 2 aliphatic rings. The van der Waals surface area contributed by atoms with Crippen LogP contribution < -0.4 is 9.80 Å². The minimum absolute atomic E-state index is 0.114. The summed E-state index contributed by atoms with van der Waals surface area (Å²) in [5.41, 5.74) is 0. The average Bonchev–Trinajstić information content (AvgIpc) is 3.13. The lowest BCUT2D eigenvalue weighted by Crippen LogP contribution is -2.51. The van der Waals surface area contributed by atoms with Gasteiger partial charge in [0, 0.05) is 46.2 Å². The number of anilines is 2. The van der Waals surface area contributed by atoms with Gasteiger partial charge in [-0.1, -0.05) is 18.3 Å². The maximum absolute atomic E-state index is 12.6. The second-order valence-electron chi connectivity index (χ2n) is 6.95. The summed E-state index contributed by atoms with van der Waals surface area (Å²) in [5, 5.41) is 9.66. The smallest absolute Gasteiger partial charge is 0.242 e. The number of amides is 2. The SMILES string of the molecule is CCCN1CCN(C(=O)CN(C)c2nnc(N3CCCCC3=O)s2)CC1. The number of likely N-dealkylation sites (N-methyl/N-ethyl adjacent to an activating group) is 1. The van der Waals surface area contributed by atoms with E-state index in [0.29, 0.717) is 23.2 Å². The molecule has 0 saturated carbocycles.